The first-order valence-corrected chi connectivity index (χ1v) is 6.24. The third kappa shape index (κ3) is 5.66. The lowest BCUT2D eigenvalue weighted by Crippen LogP contribution is -2.20. The van der Waals surface area contributed by atoms with Crippen LogP contribution in [0.25, 0.3) is 0 Å². The van der Waals surface area contributed by atoms with Crippen molar-refractivity contribution in [2.24, 2.45) is 0 Å². The van der Waals surface area contributed by atoms with E-state index in [0.717, 1.165) is 0 Å². The number of hydrogen-bond acceptors (Lipinski definition) is 6. The van der Waals surface area contributed by atoms with Crippen molar-refractivity contribution in [2.45, 2.75) is 25.9 Å². The van der Waals surface area contributed by atoms with E-state index in [-0.39, 0.29) is 31.3 Å². The molecular formula is C13H17NO6. The maximum absolute atomic E-state index is 10.9. The Morgan fingerprint density at radius 3 is 2.60 bits per heavy atom. The van der Waals surface area contributed by atoms with Crippen molar-refractivity contribution in [3.8, 4) is 5.75 Å². The fraction of sp³-hybridized carbons (Fsp3) is 0.462. The summed E-state index contributed by atoms with van der Waals surface area (Å²) in [6, 6.07) is 5.66. The highest BCUT2D eigenvalue weighted by Gasteiger charge is 2.08. The van der Waals surface area contributed by atoms with Gasteiger partial charge in [-0.25, -0.2) is 0 Å². The molecule has 110 valence electrons. The highest BCUT2D eigenvalue weighted by Crippen LogP contribution is 2.17. The van der Waals surface area contributed by atoms with Gasteiger partial charge in [0.15, 0.2) is 0 Å². The third-order valence-electron chi connectivity index (χ3n) is 2.49. The molecule has 0 saturated heterocycles. The maximum Gasteiger partial charge on any atom is 0.305 e. The van der Waals surface area contributed by atoms with Gasteiger partial charge in [0.05, 0.1) is 17.6 Å². The molecule has 7 heteroatoms. The second-order valence-corrected chi connectivity index (χ2v) is 4.08. The Kier molecular flexibility index (Phi) is 6.45. The zero-order valence-electron chi connectivity index (χ0n) is 11.2. The van der Waals surface area contributed by atoms with Gasteiger partial charge < -0.3 is 14.6 Å². The van der Waals surface area contributed by atoms with Gasteiger partial charge in [0.2, 0.25) is 0 Å². The average molecular weight is 283 g/mol. The van der Waals surface area contributed by atoms with Crippen molar-refractivity contribution in [3.05, 3.63) is 34.4 Å². The van der Waals surface area contributed by atoms with Gasteiger partial charge in [0.1, 0.15) is 12.4 Å². The third-order valence-corrected chi connectivity index (χ3v) is 2.49. The molecule has 0 radical (unpaired) electrons. The van der Waals surface area contributed by atoms with Crippen molar-refractivity contribution in [1.82, 2.24) is 0 Å². The molecule has 0 aliphatic rings. The van der Waals surface area contributed by atoms with Crippen LogP contribution in [0.15, 0.2) is 24.3 Å². The molecule has 0 amide bonds. The SMILES string of the molecule is CCC(=O)OCC(O)CCOc1ccc([N+](=O)[O-])cc1. The predicted molar refractivity (Wildman–Crippen MR) is 70.5 cm³/mol. The molecular weight excluding hydrogens is 266 g/mol. The largest absolute Gasteiger partial charge is 0.493 e. The van der Waals surface area contributed by atoms with Crippen LogP contribution in [0.3, 0.4) is 0 Å². The molecule has 1 aromatic rings. The summed E-state index contributed by atoms with van der Waals surface area (Å²) in [7, 11) is 0. The Bertz CT molecular complexity index is 445. The lowest BCUT2D eigenvalue weighted by molar-refractivity contribution is -0.384. The number of hydrogen-bond donors (Lipinski definition) is 1. The van der Waals surface area contributed by atoms with E-state index < -0.39 is 11.0 Å². The van der Waals surface area contributed by atoms with Crippen molar-refractivity contribution in [3.63, 3.8) is 0 Å². The summed E-state index contributed by atoms with van der Waals surface area (Å²) in [5.41, 5.74) is -0.0103. The summed E-state index contributed by atoms with van der Waals surface area (Å²) >= 11 is 0. The van der Waals surface area contributed by atoms with Gasteiger partial charge in [0, 0.05) is 25.0 Å². The minimum Gasteiger partial charge on any atom is -0.493 e. The van der Waals surface area contributed by atoms with E-state index in [0.29, 0.717) is 12.2 Å². The van der Waals surface area contributed by atoms with E-state index in [9.17, 15) is 20.0 Å². The zero-order valence-corrected chi connectivity index (χ0v) is 11.2. The van der Waals surface area contributed by atoms with Gasteiger partial charge in [0.25, 0.3) is 5.69 Å². The second kappa shape index (κ2) is 8.11. The minimum atomic E-state index is -0.788. The summed E-state index contributed by atoms with van der Waals surface area (Å²) in [4.78, 5) is 20.8. The van der Waals surface area contributed by atoms with Gasteiger partial charge in [-0.3, -0.25) is 14.9 Å². The van der Waals surface area contributed by atoms with Crippen LogP contribution in [0.4, 0.5) is 5.69 Å². The molecule has 1 rings (SSSR count). The molecule has 0 aliphatic carbocycles. The minimum absolute atomic E-state index is 0.0103. The fourth-order valence-corrected chi connectivity index (χ4v) is 1.35. The number of aliphatic hydroxyl groups is 1. The molecule has 0 bridgehead atoms. The molecule has 0 saturated carbocycles. The van der Waals surface area contributed by atoms with E-state index in [1.54, 1.807) is 6.92 Å². The standard InChI is InChI=1S/C13H17NO6/c1-2-13(16)20-9-11(15)7-8-19-12-5-3-10(4-6-12)14(17)18/h3-6,11,15H,2,7-9H2,1H3. The molecule has 0 heterocycles. The van der Waals surface area contributed by atoms with Gasteiger partial charge in [-0.2, -0.15) is 0 Å². The molecule has 1 atom stereocenters. The van der Waals surface area contributed by atoms with Crippen LogP contribution in [0, 0.1) is 10.1 Å². The van der Waals surface area contributed by atoms with Crippen LogP contribution in [-0.4, -0.2) is 35.3 Å². The number of non-ortho nitro benzene ring substituents is 1. The molecule has 1 N–H and O–H groups in total. The van der Waals surface area contributed by atoms with E-state index >= 15 is 0 Å². The van der Waals surface area contributed by atoms with Crippen LogP contribution in [0.5, 0.6) is 5.75 Å². The second-order valence-electron chi connectivity index (χ2n) is 4.08. The molecule has 20 heavy (non-hydrogen) atoms. The van der Waals surface area contributed by atoms with Crippen LogP contribution in [-0.2, 0) is 9.53 Å². The Morgan fingerprint density at radius 1 is 1.40 bits per heavy atom. The summed E-state index contributed by atoms with van der Waals surface area (Å²) in [5, 5.41) is 20.0. The molecule has 1 unspecified atom stereocenters. The van der Waals surface area contributed by atoms with Gasteiger partial charge in [-0.05, 0) is 12.1 Å². The lowest BCUT2D eigenvalue weighted by Gasteiger charge is -2.11. The number of ether oxygens (including phenoxy) is 2. The van der Waals surface area contributed by atoms with E-state index in [2.05, 4.69) is 0 Å². The molecule has 0 fully saturated rings. The van der Waals surface area contributed by atoms with Gasteiger partial charge in [-0.15, -0.1) is 0 Å². The van der Waals surface area contributed by atoms with Crippen molar-refractivity contribution >= 4 is 11.7 Å². The van der Waals surface area contributed by atoms with Crippen LogP contribution in [0.1, 0.15) is 19.8 Å². The Labute approximate surface area is 116 Å². The van der Waals surface area contributed by atoms with E-state index in [1.165, 1.54) is 24.3 Å². The zero-order chi connectivity index (χ0) is 15.0. The van der Waals surface area contributed by atoms with Crippen LogP contribution >= 0.6 is 0 Å². The highest BCUT2D eigenvalue weighted by molar-refractivity contribution is 5.68. The first kappa shape index (κ1) is 15.9. The maximum atomic E-state index is 10.9. The topological polar surface area (TPSA) is 98.9 Å². The van der Waals surface area contributed by atoms with Crippen molar-refractivity contribution in [1.29, 1.82) is 0 Å². The number of benzene rings is 1. The highest BCUT2D eigenvalue weighted by atomic mass is 16.6. The Hall–Kier alpha value is -2.15. The molecule has 7 nitrogen and oxygen atoms in total. The number of aliphatic hydroxyl groups excluding tert-OH is 1. The van der Waals surface area contributed by atoms with Crippen LogP contribution < -0.4 is 4.74 Å². The predicted octanol–water partition coefficient (Wildman–Crippen LogP) is 1.68. The monoisotopic (exact) mass is 283 g/mol. The normalized spacial score (nSPS) is 11.7. The number of nitro benzene ring substituents is 1. The number of rotatable bonds is 8. The van der Waals surface area contributed by atoms with Crippen LogP contribution in [0.2, 0.25) is 0 Å². The van der Waals surface area contributed by atoms with Crippen molar-refractivity contribution in [2.75, 3.05) is 13.2 Å². The number of esters is 1. The van der Waals surface area contributed by atoms with E-state index in [4.69, 9.17) is 9.47 Å². The number of carbonyl (C=O) groups excluding carboxylic acids is 1. The summed E-state index contributed by atoms with van der Waals surface area (Å²) in [6.07, 6.45) is -0.219. The Balaban J connectivity index is 2.26. The molecule has 0 aliphatic heterocycles. The Morgan fingerprint density at radius 2 is 2.05 bits per heavy atom. The first-order valence-electron chi connectivity index (χ1n) is 6.24. The fourth-order valence-electron chi connectivity index (χ4n) is 1.35. The van der Waals surface area contributed by atoms with Gasteiger partial charge in [-0.1, -0.05) is 6.92 Å². The molecule has 0 spiro atoms. The summed E-state index contributed by atoms with van der Waals surface area (Å²) < 4.78 is 10.1. The molecule has 1 aromatic carbocycles. The first-order chi connectivity index (χ1) is 9.52. The smallest absolute Gasteiger partial charge is 0.305 e. The average Bonchev–Trinajstić information content (AvgIpc) is 2.45. The lowest BCUT2D eigenvalue weighted by atomic mass is 10.3. The van der Waals surface area contributed by atoms with Gasteiger partial charge >= 0.3 is 5.97 Å². The molecule has 0 aromatic heterocycles. The number of carbonyl (C=O) groups is 1. The summed E-state index contributed by atoms with van der Waals surface area (Å²) in [5.74, 6) is 0.119. The number of nitrogens with zero attached hydrogens (tertiary/aromatic N) is 1. The quantitative estimate of drug-likeness (QED) is 0.442. The number of nitro groups is 1. The van der Waals surface area contributed by atoms with E-state index in [1.807, 2.05) is 0 Å². The summed E-state index contributed by atoms with van der Waals surface area (Å²) in [6.45, 7) is 1.84. The van der Waals surface area contributed by atoms with Crippen molar-refractivity contribution < 1.29 is 24.3 Å².